The molecule has 0 saturated heterocycles. The van der Waals surface area contributed by atoms with Gasteiger partial charge in [0.2, 0.25) is 0 Å². The Morgan fingerprint density at radius 1 is 0.871 bits per heavy atom. The van der Waals surface area contributed by atoms with Gasteiger partial charge in [0.15, 0.2) is 0 Å². The number of pyridine rings is 1. The summed E-state index contributed by atoms with van der Waals surface area (Å²) in [4.78, 5) is 37.5. The molecule has 1 heterocycles. The Bertz CT molecular complexity index is 1200. The minimum atomic E-state index is -1.56. The number of nitrogen functional groups attached to an aromatic ring is 1. The maximum atomic E-state index is 12.1. The van der Waals surface area contributed by atoms with E-state index in [2.05, 4.69) is 25.8 Å². The highest BCUT2D eigenvalue weighted by molar-refractivity contribution is 6.07. The van der Waals surface area contributed by atoms with Gasteiger partial charge in [0.05, 0.1) is 0 Å². The SMILES string of the molecule is CC(C)(C)c1ccc(Oc2ccc(-c3c(C(=O)O)c(N)[nH]c(=O)c3C(=O)O)cc2)cc1. The van der Waals surface area contributed by atoms with Crippen LogP contribution in [0.4, 0.5) is 5.82 Å². The van der Waals surface area contributed by atoms with Crippen molar-refractivity contribution in [3.05, 3.63) is 75.6 Å². The van der Waals surface area contributed by atoms with Crippen LogP contribution in [0.15, 0.2) is 53.3 Å². The number of carboxylic acid groups (broad SMARTS) is 2. The smallest absolute Gasteiger partial charge is 0.342 e. The van der Waals surface area contributed by atoms with Crippen LogP contribution in [-0.2, 0) is 5.41 Å². The summed E-state index contributed by atoms with van der Waals surface area (Å²) in [7, 11) is 0. The van der Waals surface area contributed by atoms with Gasteiger partial charge in [-0.3, -0.25) is 4.79 Å². The predicted octanol–water partition coefficient (Wildman–Crippen LogP) is 4.11. The summed E-state index contributed by atoms with van der Waals surface area (Å²) in [6.07, 6.45) is 0. The number of aromatic nitrogens is 1. The number of carboxylic acids is 2. The van der Waals surface area contributed by atoms with Crippen LogP contribution >= 0.6 is 0 Å². The average Bonchev–Trinajstić information content (AvgIpc) is 2.67. The van der Waals surface area contributed by atoms with Gasteiger partial charge in [-0.05, 0) is 40.8 Å². The van der Waals surface area contributed by atoms with E-state index in [0.717, 1.165) is 5.56 Å². The monoisotopic (exact) mass is 422 g/mol. The zero-order valence-electron chi connectivity index (χ0n) is 17.2. The molecule has 3 aromatic rings. The lowest BCUT2D eigenvalue weighted by atomic mass is 9.87. The Morgan fingerprint density at radius 2 is 1.35 bits per heavy atom. The number of nitrogens with two attached hydrogens (primary N) is 1. The highest BCUT2D eigenvalue weighted by Gasteiger charge is 2.26. The van der Waals surface area contributed by atoms with Crippen LogP contribution in [0.3, 0.4) is 0 Å². The molecule has 0 fully saturated rings. The zero-order chi connectivity index (χ0) is 22.9. The molecule has 1 aromatic heterocycles. The number of hydrogen-bond acceptors (Lipinski definition) is 5. The minimum absolute atomic E-state index is 0.0131. The fourth-order valence-electron chi connectivity index (χ4n) is 3.18. The van der Waals surface area contributed by atoms with E-state index in [9.17, 15) is 24.6 Å². The lowest BCUT2D eigenvalue weighted by Gasteiger charge is -2.19. The van der Waals surface area contributed by atoms with E-state index < -0.39 is 34.4 Å². The van der Waals surface area contributed by atoms with E-state index in [-0.39, 0.29) is 16.5 Å². The van der Waals surface area contributed by atoms with Crippen LogP contribution in [0.25, 0.3) is 11.1 Å². The first kappa shape index (κ1) is 21.6. The van der Waals surface area contributed by atoms with Crippen molar-refractivity contribution in [1.82, 2.24) is 4.98 Å². The molecule has 31 heavy (non-hydrogen) atoms. The van der Waals surface area contributed by atoms with Crippen LogP contribution in [0.1, 0.15) is 47.1 Å². The van der Waals surface area contributed by atoms with Crippen LogP contribution in [0.2, 0.25) is 0 Å². The second-order valence-electron chi connectivity index (χ2n) is 8.00. The van der Waals surface area contributed by atoms with E-state index in [0.29, 0.717) is 11.5 Å². The second-order valence-corrected chi connectivity index (χ2v) is 8.00. The Morgan fingerprint density at radius 3 is 1.81 bits per heavy atom. The van der Waals surface area contributed by atoms with Gasteiger partial charge in [-0.15, -0.1) is 0 Å². The van der Waals surface area contributed by atoms with Gasteiger partial charge >= 0.3 is 11.9 Å². The van der Waals surface area contributed by atoms with Crippen molar-refractivity contribution in [1.29, 1.82) is 0 Å². The molecule has 0 radical (unpaired) electrons. The lowest BCUT2D eigenvalue weighted by Crippen LogP contribution is -2.24. The number of hydrogen-bond donors (Lipinski definition) is 4. The number of anilines is 1. The molecule has 2 aromatic carbocycles. The standard InChI is InChI=1S/C23H22N2O6/c1-23(2,3)13-6-10-15(11-7-13)31-14-8-4-12(5-9-14)16-17(21(27)28)19(24)25-20(26)18(16)22(29)30/h4-11H,1-3H3,(H,27,28)(H,29,30)(H3,24,25,26). The van der Waals surface area contributed by atoms with Crippen molar-refractivity contribution < 1.29 is 24.5 Å². The van der Waals surface area contributed by atoms with Crippen LogP contribution in [0, 0.1) is 0 Å². The van der Waals surface area contributed by atoms with Crippen LogP contribution in [0.5, 0.6) is 11.5 Å². The molecule has 0 atom stereocenters. The minimum Gasteiger partial charge on any atom is -0.478 e. The summed E-state index contributed by atoms with van der Waals surface area (Å²) in [5.41, 5.74) is 4.61. The third kappa shape index (κ3) is 4.42. The van der Waals surface area contributed by atoms with Gasteiger partial charge in [-0.25, -0.2) is 9.59 Å². The number of ether oxygens (including phenoxy) is 1. The van der Waals surface area contributed by atoms with Gasteiger partial charge in [-0.2, -0.15) is 0 Å². The van der Waals surface area contributed by atoms with Crippen molar-refractivity contribution in [2.45, 2.75) is 26.2 Å². The molecule has 0 spiro atoms. The van der Waals surface area contributed by atoms with Gasteiger partial charge in [0, 0.05) is 5.56 Å². The molecule has 0 aliphatic rings. The van der Waals surface area contributed by atoms with Gasteiger partial charge in [0.1, 0.15) is 28.4 Å². The van der Waals surface area contributed by atoms with Crippen LogP contribution in [-0.4, -0.2) is 27.1 Å². The van der Waals surface area contributed by atoms with Crippen molar-refractivity contribution in [3.8, 4) is 22.6 Å². The van der Waals surface area contributed by atoms with Gasteiger partial charge in [-0.1, -0.05) is 45.0 Å². The number of carbonyl (C=O) groups is 2. The number of nitrogens with one attached hydrogen (secondary N) is 1. The number of rotatable bonds is 5. The van der Waals surface area contributed by atoms with Crippen LogP contribution < -0.4 is 16.0 Å². The van der Waals surface area contributed by atoms with Crippen molar-refractivity contribution in [3.63, 3.8) is 0 Å². The number of H-pyrrole nitrogens is 1. The quantitative estimate of drug-likeness (QED) is 0.484. The molecule has 8 nitrogen and oxygen atoms in total. The Balaban J connectivity index is 1.99. The normalized spacial score (nSPS) is 11.2. The van der Waals surface area contributed by atoms with Gasteiger partial charge < -0.3 is 25.7 Å². The van der Waals surface area contributed by atoms with Gasteiger partial charge in [0.25, 0.3) is 5.56 Å². The molecular formula is C23H22N2O6. The van der Waals surface area contributed by atoms with E-state index in [1.165, 1.54) is 12.1 Å². The average molecular weight is 422 g/mol. The number of aromatic carboxylic acids is 2. The Kier molecular flexibility index (Phi) is 5.57. The largest absolute Gasteiger partial charge is 0.478 e. The third-order valence-electron chi connectivity index (χ3n) is 4.77. The number of benzene rings is 2. The van der Waals surface area contributed by atoms with Crippen molar-refractivity contribution >= 4 is 17.8 Å². The summed E-state index contributed by atoms with van der Waals surface area (Å²) in [5.74, 6) is -2.36. The highest BCUT2D eigenvalue weighted by atomic mass is 16.5. The lowest BCUT2D eigenvalue weighted by molar-refractivity contribution is 0.0695. The van der Waals surface area contributed by atoms with Crippen molar-refractivity contribution in [2.24, 2.45) is 0 Å². The van der Waals surface area contributed by atoms with E-state index >= 15 is 0 Å². The molecule has 160 valence electrons. The van der Waals surface area contributed by atoms with E-state index in [1.807, 2.05) is 24.3 Å². The van der Waals surface area contributed by atoms with Crippen molar-refractivity contribution in [2.75, 3.05) is 5.73 Å². The fraction of sp³-hybridized carbons (Fsp3) is 0.174. The predicted molar refractivity (Wildman–Crippen MR) is 116 cm³/mol. The summed E-state index contributed by atoms with van der Waals surface area (Å²) in [5, 5.41) is 19.0. The summed E-state index contributed by atoms with van der Waals surface area (Å²) < 4.78 is 5.81. The number of aromatic amines is 1. The maximum Gasteiger partial charge on any atom is 0.342 e. The summed E-state index contributed by atoms with van der Waals surface area (Å²) in [6.45, 7) is 6.33. The molecule has 5 N–H and O–H groups in total. The third-order valence-corrected chi connectivity index (χ3v) is 4.77. The maximum absolute atomic E-state index is 12.1. The Hall–Kier alpha value is -4.07. The molecule has 8 heteroatoms. The summed E-state index contributed by atoms with van der Waals surface area (Å²) >= 11 is 0. The molecule has 0 amide bonds. The molecule has 3 rings (SSSR count). The topological polar surface area (TPSA) is 143 Å². The first-order valence-electron chi connectivity index (χ1n) is 9.40. The molecule has 0 aliphatic carbocycles. The first-order valence-corrected chi connectivity index (χ1v) is 9.40. The molecular weight excluding hydrogens is 400 g/mol. The molecule has 0 saturated carbocycles. The molecule has 0 aliphatic heterocycles. The van der Waals surface area contributed by atoms with E-state index in [1.54, 1.807) is 12.1 Å². The fourth-order valence-corrected chi connectivity index (χ4v) is 3.18. The highest BCUT2D eigenvalue weighted by Crippen LogP contribution is 2.32. The first-order chi connectivity index (χ1) is 14.5. The zero-order valence-corrected chi connectivity index (χ0v) is 17.2. The Labute approximate surface area is 177 Å². The second kappa shape index (κ2) is 7.98. The summed E-state index contributed by atoms with van der Waals surface area (Å²) in [6, 6.07) is 13.7. The van der Waals surface area contributed by atoms with E-state index in [4.69, 9.17) is 10.5 Å². The molecule has 0 bridgehead atoms. The molecule has 0 unspecified atom stereocenters.